The number of aromatic nitrogens is 2. The van der Waals surface area contributed by atoms with Crippen molar-refractivity contribution in [2.45, 2.75) is 57.3 Å². The maximum Gasteiger partial charge on any atom is 0.274 e. The average molecular weight is 922 g/mol. The number of pyridine rings is 1. The van der Waals surface area contributed by atoms with Crippen LogP contribution in [0.25, 0.3) is 16.6 Å². The molecule has 2 aliphatic heterocycles. The molecule has 14 nitrogen and oxygen atoms in total. The molecule has 2 aliphatic carbocycles. The molecular weight excluding hydrogens is 864 g/mol. The molecule has 1 amide bonds. The van der Waals surface area contributed by atoms with E-state index in [0.717, 1.165) is 113 Å². The highest BCUT2D eigenvalue weighted by atomic mass is 35.5. The number of rotatable bonds is 13. The lowest BCUT2D eigenvalue weighted by Crippen LogP contribution is -2.47. The van der Waals surface area contributed by atoms with E-state index in [2.05, 4.69) is 67.3 Å². The van der Waals surface area contributed by atoms with Crippen molar-refractivity contribution in [3.05, 3.63) is 122 Å². The van der Waals surface area contributed by atoms with Crippen LogP contribution in [0.4, 0.5) is 11.4 Å². The minimum Gasteiger partial charge on any atom is -0.455 e. The molecule has 342 valence electrons. The van der Waals surface area contributed by atoms with Crippen LogP contribution in [0.1, 0.15) is 66.6 Å². The SMILES string of the molecule is CN1CCN(CC[C@@H]2Cc3cc(S(=O)(=O)NC(=O)c4ccc(N5CCN(CC6=C(c7ccc(Cl)cc7)CC(C)(C)CC6)CC5)cc4Oc4cnc5[nH]ccc5c4)cc([N+](=O)[O-])c3C2)CC1. The zero-order valence-corrected chi connectivity index (χ0v) is 38.9. The van der Waals surface area contributed by atoms with E-state index in [1.165, 1.54) is 22.8 Å². The first-order valence-corrected chi connectivity index (χ1v) is 24.5. The molecule has 65 heavy (non-hydrogen) atoms. The predicted octanol–water partition coefficient (Wildman–Crippen LogP) is 8.17. The summed E-state index contributed by atoms with van der Waals surface area (Å²) in [6, 6.07) is 19.6. The maximum atomic E-state index is 14.1. The molecule has 0 saturated carbocycles. The summed E-state index contributed by atoms with van der Waals surface area (Å²) < 4.78 is 36.6. The van der Waals surface area contributed by atoms with E-state index in [9.17, 15) is 23.3 Å². The Morgan fingerprint density at radius 3 is 2.48 bits per heavy atom. The first kappa shape index (κ1) is 44.9. The van der Waals surface area contributed by atoms with Gasteiger partial charge < -0.3 is 24.4 Å². The zero-order chi connectivity index (χ0) is 45.5. The molecule has 2 fully saturated rings. The molecule has 3 aromatic carbocycles. The summed E-state index contributed by atoms with van der Waals surface area (Å²) in [5.41, 5.74) is 6.82. The second-order valence-corrected chi connectivity index (χ2v) is 21.2. The normalized spacial score (nSPS) is 19.7. The van der Waals surface area contributed by atoms with Crippen LogP contribution in [0.15, 0.2) is 89.6 Å². The van der Waals surface area contributed by atoms with Crippen molar-refractivity contribution in [3.8, 4) is 11.5 Å². The number of aromatic amines is 1. The molecule has 2 aromatic heterocycles. The van der Waals surface area contributed by atoms with Gasteiger partial charge in [0.1, 0.15) is 17.1 Å². The molecule has 4 heterocycles. The standard InChI is InChI=1S/C49H57ClN8O6S/c1-49(2)13-10-36(44(30-49)34-4-6-38(50)7-5-34)32-56-20-22-57(23-21-56)39-8-9-42(46(28-39)64-40-26-35-11-14-51-47(35)52-31-40)48(59)53-65(62,63)41-27-37-24-33(25-43(37)45(29-41)58(60)61)12-15-55-18-16-54(3)17-19-55/h4-9,11,14,26-29,31,33H,10,12-13,15-25,30,32H2,1-3H3,(H,51,52)(H,53,59)/t33-/m1/s1. The highest BCUT2D eigenvalue weighted by Crippen LogP contribution is 2.44. The number of halogens is 1. The molecular formula is C49H57ClN8O6S. The Bertz CT molecular complexity index is 2740. The predicted molar refractivity (Wildman–Crippen MR) is 254 cm³/mol. The number of carbonyl (C=O) groups excluding carboxylic acids is 1. The van der Waals surface area contributed by atoms with Gasteiger partial charge in [0.25, 0.3) is 21.6 Å². The van der Waals surface area contributed by atoms with Gasteiger partial charge in [-0.2, -0.15) is 0 Å². The van der Waals surface area contributed by atoms with E-state index in [1.807, 2.05) is 24.3 Å². The first-order valence-electron chi connectivity index (χ1n) is 22.6. The van der Waals surface area contributed by atoms with Gasteiger partial charge in [-0.3, -0.25) is 19.8 Å². The summed E-state index contributed by atoms with van der Waals surface area (Å²) in [6.07, 6.45) is 8.44. The van der Waals surface area contributed by atoms with Crippen LogP contribution >= 0.6 is 11.6 Å². The zero-order valence-electron chi connectivity index (χ0n) is 37.3. The summed E-state index contributed by atoms with van der Waals surface area (Å²) in [4.78, 5) is 42.6. The molecule has 0 bridgehead atoms. The number of ether oxygens (including phenoxy) is 1. The van der Waals surface area contributed by atoms with Gasteiger partial charge in [-0.25, -0.2) is 18.1 Å². The molecule has 0 spiro atoms. The quantitative estimate of drug-likeness (QED) is 0.0868. The van der Waals surface area contributed by atoms with Crippen molar-refractivity contribution in [2.24, 2.45) is 11.3 Å². The average Bonchev–Trinajstić information content (AvgIpc) is 3.93. The monoisotopic (exact) mass is 920 g/mol. The number of nitro groups is 1. The van der Waals surface area contributed by atoms with Crippen molar-refractivity contribution < 1.29 is 22.9 Å². The minimum atomic E-state index is -4.54. The molecule has 4 aliphatic rings. The van der Waals surface area contributed by atoms with Gasteiger partial charge in [-0.1, -0.05) is 43.2 Å². The lowest BCUT2D eigenvalue weighted by atomic mass is 9.72. The van der Waals surface area contributed by atoms with Gasteiger partial charge in [-0.05, 0) is 123 Å². The number of likely N-dealkylation sites (N-methyl/N-ethyl adjacent to an activating group) is 1. The lowest BCUT2D eigenvalue weighted by Gasteiger charge is -2.39. The van der Waals surface area contributed by atoms with Gasteiger partial charge in [0, 0.05) is 98.9 Å². The van der Waals surface area contributed by atoms with Gasteiger partial charge in [0.2, 0.25) is 0 Å². The molecule has 0 unspecified atom stereocenters. The van der Waals surface area contributed by atoms with Crippen molar-refractivity contribution in [2.75, 3.05) is 77.4 Å². The van der Waals surface area contributed by atoms with Gasteiger partial charge in [0.15, 0.2) is 0 Å². The van der Waals surface area contributed by atoms with Crippen LogP contribution in [0, 0.1) is 21.4 Å². The summed E-state index contributed by atoms with van der Waals surface area (Å²) >= 11 is 6.26. The Morgan fingerprint density at radius 2 is 1.72 bits per heavy atom. The Labute approximate surface area is 385 Å². The van der Waals surface area contributed by atoms with Crippen LogP contribution in [0.3, 0.4) is 0 Å². The third-order valence-corrected chi connectivity index (χ3v) is 15.4. The molecule has 2 N–H and O–H groups in total. The fourth-order valence-electron chi connectivity index (χ4n) is 9.95. The lowest BCUT2D eigenvalue weighted by molar-refractivity contribution is -0.385. The van der Waals surface area contributed by atoms with E-state index in [0.29, 0.717) is 35.4 Å². The number of hydrogen-bond donors (Lipinski definition) is 2. The number of sulfonamides is 1. The second kappa shape index (κ2) is 18.5. The summed E-state index contributed by atoms with van der Waals surface area (Å²) in [6.45, 7) is 13.6. The number of nitrogens with zero attached hydrogens (tertiary/aromatic N) is 6. The highest BCUT2D eigenvalue weighted by Gasteiger charge is 2.34. The topological polar surface area (TPSA) is 157 Å². The Balaban J connectivity index is 0.925. The number of H-pyrrole nitrogens is 1. The number of hydrogen-bond acceptors (Lipinski definition) is 11. The van der Waals surface area contributed by atoms with Gasteiger partial charge >= 0.3 is 0 Å². The number of anilines is 1. The molecule has 9 rings (SSSR count). The number of allylic oxidation sites excluding steroid dienone is 1. The molecule has 1 atom stereocenters. The number of benzene rings is 3. The third kappa shape index (κ3) is 10.2. The molecule has 16 heteroatoms. The van der Waals surface area contributed by atoms with Crippen molar-refractivity contribution >= 4 is 55.5 Å². The second-order valence-electron chi connectivity index (χ2n) is 19.0. The summed E-state index contributed by atoms with van der Waals surface area (Å²) in [7, 11) is -2.43. The smallest absolute Gasteiger partial charge is 0.274 e. The summed E-state index contributed by atoms with van der Waals surface area (Å²) in [5, 5.41) is 13.9. The van der Waals surface area contributed by atoms with Crippen molar-refractivity contribution in [1.82, 2.24) is 29.4 Å². The first-order chi connectivity index (χ1) is 31.2. The van der Waals surface area contributed by atoms with E-state index >= 15 is 0 Å². The van der Waals surface area contributed by atoms with Crippen molar-refractivity contribution in [3.63, 3.8) is 0 Å². The number of piperazine rings is 2. The van der Waals surface area contributed by atoms with Crippen LogP contribution in [-0.2, 0) is 22.9 Å². The fourth-order valence-corrected chi connectivity index (χ4v) is 11.1. The Kier molecular flexibility index (Phi) is 12.8. The Hall–Kier alpha value is -5.32. The van der Waals surface area contributed by atoms with Crippen molar-refractivity contribution in [1.29, 1.82) is 0 Å². The molecule has 2 saturated heterocycles. The largest absolute Gasteiger partial charge is 0.455 e. The summed E-state index contributed by atoms with van der Waals surface area (Å²) in [5.74, 6) is -0.236. The number of nitrogens with one attached hydrogen (secondary N) is 2. The van der Waals surface area contributed by atoms with Crippen LogP contribution in [0.5, 0.6) is 11.5 Å². The number of nitro benzene ring substituents is 1. The van der Waals surface area contributed by atoms with E-state index < -0.39 is 20.9 Å². The molecule has 5 aromatic rings. The van der Waals surface area contributed by atoms with E-state index in [1.54, 1.807) is 30.6 Å². The van der Waals surface area contributed by atoms with E-state index in [-0.39, 0.29) is 33.2 Å². The van der Waals surface area contributed by atoms with E-state index in [4.69, 9.17) is 16.3 Å². The minimum absolute atomic E-state index is 0.00774. The maximum absolute atomic E-state index is 14.1. The number of carbonyl (C=O) groups is 1. The molecule has 0 radical (unpaired) electrons. The van der Waals surface area contributed by atoms with Gasteiger partial charge in [-0.15, -0.1) is 0 Å². The Morgan fingerprint density at radius 1 is 0.969 bits per heavy atom. The fraction of sp³-hybridized carbons (Fsp3) is 0.429. The van der Waals surface area contributed by atoms with Crippen LogP contribution < -0.4 is 14.4 Å². The van der Waals surface area contributed by atoms with Crippen LogP contribution in [-0.4, -0.2) is 116 Å². The third-order valence-electron chi connectivity index (χ3n) is 13.8. The van der Waals surface area contributed by atoms with Crippen LogP contribution in [0.2, 0.25) is 5.02 Å². The number of fused-ring (bicyclic) bond motifs is 2. The number of amides is 1. The highest BCUT2D eigenvalue weighted by molar-refractivity contribution is 7.90. The van der Waals surface area contributed by atoms with Gasteiger partial charge in [0.05, 0.1) is 21.6 Å².